The van der Waals surface area contributed by atoms with Crippen LogP contribution in [0.2, 0.25) is 5.02 Å². The standard InChI is InChI=1S/C13H15ClFN3S/c1-3-7-16-8(2)12-17-18-13(19-12)11-9(14)5-4-6-10(11)15/h4-6,8,16H,3,7H2,1-2H3. The highest BCUT2D eigenvalue weighted by Gasteiger charge is 2.17. The molecule has 0 saturated carbocycles. The van der Waals surface area contributed by atoms with Crippen molar-refractivity contribution in [3.8, 4) is 10.6 Å². The van der Waals surface area contributed by atoms with Crippen molar-refractivity contribution in [1.29, 1.82) is 0 Å². The first-order valence-electron chi connectivity index (χ1n) is 6.14. The average Bonchev–Trinajstić information content (AvgIpc) is 2.85. The van der Waals surface area contributed by atoms with Gasteiger partial charge in [0.25, 0.3) is 0 Å². The lowest BCUT2D eigenvalue weighted by Crippen LogP contribution is -2.18. The second-order valence-corrected chi connectivity index (χ2v) is 5.63. The Morgan fingerprint density at radius 3 is 2.89 bits per heavy atom. The second kappa shape index (κ2) is 6.41. The lowest BCUT2D eigenvalue weighted by molar-refractivity contribution is 0.564. The van der Waals surface area contributed by atoms with Crippen LogP contribution in [0, 0.1) is 5.82 Å². The van der Waals surface area contributed by atoms with Gasteiger partial charge < -0.3 is 5.32 Å². The fraction of sp³-hybridized carbons (Fsp3) is 0.385. The molecule has 0 aliphatic rings. The topological polar surface area (TPSA) is 37.8 Å². The summed E-state index contributed by atoms with van der Waals surface area (Å²) in [5, 5.41) is 13.2. The zero-order valence-electron chi connectivity index (χ0n) is 10.8. The minimum Gasteiger partial charge on any atom is -0.308 e. The van der Waals surface area contributed by atoms with E-state index in [0.29, 0.717) is 15.6 Å². The van der Waals surface area contributed by atoms with Gasteiger partial charge in [0.2, 0.25) is 0 Å². The Kier molecular flexibility index (Phi) is 4.85. The van der Waals surface area contributed by atoms with Crippen LogP contribution in [0.3, 0.4) is 0 Å². The Labute approximate surface area is 120 Å². The van der Waals surface area contributed by atoms with Gasteiger partial charge in [-0.05, 0) is 32.0 Å². The van der Waals surface area contributed by atoms with Crippen molar-refractivity contribution in [3.63, 3.8) is 0 Å². The normalized spacial score (nSPS) is 12.6. The first-order chi connectivity index (χ1) is 9.13. The molecule has 2 aromatic rings. The molecule has 0 saturated heterocycles. The Hall–Kier alpha value is -1.04. The molecular formula is C13H15ClFN3S. The van der Waals surface area contributed by atoms with Crippen LogP contribution >= 0.6 is 22.9 Å². The van der Waals surface area contributed by atoms with Gasteiger partial charge in [-0.2, -0.15) is 0 Å². The van der Waals surface area contributed by atoms with Gasteiger partial charge in [-0.25, -0.2) is 4.39 Å². The van der Waals surface area contributed by atoms with Crippen molar-refractivity contribution in [2.45, 2.75) is 26.3 Å². The quantitative estimate of drug-likeness (QED) is 0.905. The third-order valence-corrected chi connectivity index (χ3v) is 4.13. The summed E-state index contributed by atoms with van der Waals surface area (Å²) in [5.74, 6) is -0.371. The van der Waals surface area contributed by atoms with Crippen LogP contribution in [0.5, 0.6) is 0 Å². The van der Waals surface area contributed by atoms with E-state index in [-0.39, 0.29) is 11.9 Å². The van der Waals surface area contributed by atoms with E-state index >= 15 is 0 Å². The fourth-order valence-corrected chi connectivity index (χ4v) is 2.90. The fourth-order valence-electron chi connectivity index (χ4n) is 1.66. The summed E-state index contributed by atoms with van der Waals surface area (Å²) in [4.78, 5) is 0. The molecular weight excluding hydrogens is 285 g/mol. The number of aromatic nitrogens is 2. The third-order valence-electron chi connectivity index (χ3n) is 2.69. The molecule has 0 amide bonds. The number of hydrogen-bond acceptors (Lipinski definition) is 4. The largest absolute Gasteiger partial charge is 0.308 e. The van der Waals surface area contributed by atoms with Crippen LogP contribution in [-0.2, 0) is 0 Å². The molecule has 1 unspecified atom stereocenters. The van der Waals surface area contributed by atoms with Crippen molar-refractivity contribution < 1.29 is 4.39 Å². The van der Waals surface area contributed by atoms with Crippen LogP contribution in [0.1, 0.15) is 31.3 Å². The smallest absolute Gasteiger partial charge is 0.152 e. The summed E-state index contributed by atoms with van der Waals surface area (Å²) in [6.07, 6.45) is 1.05. The van der Waals surface area contributed by atoms with E-state index < -0.39 is 0 Å². The van der Waals surface area contributed by atoms with Gasteiger partial charge in [0.1, 0.15) is 10.8 Å². The number of nitrogens with zero attached hydrogens (tertiary/aromatic N) is 2. The van der Waals surface area contributed by atoms with Crippen LogP contribution in [0.4, 0.5) is 4.39 Å². The number of hydrogen-bond donors (Lipinski definition) is 1. The summed E-state index contributed by atoms with van der Waals surface area (Å²) in [6, 6.07) is 4.71. The third kappa shape index (κ3) is 3.29. The lowest BCUT2D eigenvalue weighted by atomic mass is 10.2. The SMILES string of the molecule is CCCNC(C)c1nnc(-c2c(F)cccc2Cl)s1. The molecule has 1 heterocycles. The van der Waals surface area contributed by atoms with Crippen molar-refractivity contribution in [1.82, 2.24) is 15.5 Å². The lowest BCUT2D eigenvalue weighted by Gasteiger charge is -2.08. The molecule has 3 nitrogen and oxygen atoms in total. The molecule has 19 heavy (non-hydrogen) atoms. The molecule has 0 aliphatic carbocycles. The summed E-state index contributed by atoms with van der Waals surface area (Å²) >= 11 is 7.38. The first-order valence-corrected chi connectivity index (χ1v) is 7.34. The number of halogens is 2. The maximum absolute atomic E-state index is 13.8. The Balaban J connectivity index is 2.26. The highest BCUT2D eigenvalue weighted by Crippen LogP contribution is 2.33. The van der Waals surface area contributed by atoms with Crippen molar-refractivity contribution in [2.24, 2.45) is 0 Å². The Bertz CT molecular complexity index is 538. The van der Waals surface area contributed by atoms with Gasteiger partial charge in [-0.15, -0.1) is 10.2 Å². The minimum atomic E-state index is -0.371. The van der Waals surface area contributed by atoms with Gasteiger partial charge in [0.15, 0.2) is 5.01 Å². The van der Waals surface area contributed by atoms with E-state index in [4.69, 9.17) is 11.6 Å². The number of benzene rings is 1. The molecule has 0 aliphatic heterocycles. The highest BCUT2D eigenvalue weighted by atomic mass is 35.5. The van der Waals surface area contributed by atoms with E-state index in [2.05, 4.69) is 22.4 Å². The molecule has 2 rings (SSSR count). The monoisotopic (exact) mass is 299 g/mol. The van der Waals surface area contributed by atoms with E-state index in [0.717, 1.165) is 18.0 Å². The van der Waals surface area contributed by atoms with Gasteiger partial charge in [0.05, 0.1) is 16.6 Å². The number of rotatable bonds is 5. The summed E-state index contributed by atoms with van der Waals surface area (Å²) < 4.78 is 13.8. The maximum atomic E-state index is 13.8. The molecule has 1 atom stereocenters. The predicted octanol–water partition coefficient (Wildman–Crippen LogP) is 4.06. The zero-order valence-corrected chi connectivity index (χ0v) is 12.4. The molecule has 0 bridgehead atoms. The molecule has 1 N–H and O–H groups in total. The van der Waals surface area contributed by atoms with Gasteiger partial charge in [0, 0.05) is 0 Å². The molecule has 1 aromatic heterocycles. The van der Waals surface area contributed by atoms with Gasteiger partial charge in [-0.1, -0.05) is 35.9 Å². The second-order valence-electron chi connectivity index (χ2n) is 4.22. The molecule has 102 valence electrons. The molecule has 0 spiro atoms. The van der Waals surface area contributed by atoms with Crippen LogP contribution < -0.4 is 5.32 Å². The summed E-state index contributed by atoms with van der Waals surface area (Å²) in [5.41, 5.74) is 0.329. The summed E-state index contributed by atoms with van der Waals surface area (Å²) in [7, 11) is 0. The first kappa shape index (κ1) is 14.4. The highest BCUT2D eigenvalue weighted by molar-refractivity contribution is 7.14. The van der Waals surface area contributed by atoms with E-state index in [1.54, 1.807) is 12.1 Å². The summed E-state index contributed by atoms with van der Waals surface area (Å²) in [6.45, 7) is 5.03. The molecule has 0 fully saturated rings. The number of nitrogens with one attached hydrogen (secondary N) is 1. The minimum absolute atomic E-state index is 0.108. The van der Waals surface area contributed by atoms with Crippen molar-refractivity contribution >= 4 is 22.9 Å². The average molecular weight is 300 g/mol. The van der Waals surface area contributed by atoms with Gasteiger partial charge in [-0.3, -0.25) is 0 Å². The van der Waals surface area contributed by atoms with Crippen molar-refractivity contribution in [2.75, 3.05) is 6.54 Å². The predicted molar refractivity (Wildman–Crippen MR) is 77.0 cm³/mol. The van der Waals surface area contributed by atoms with Crippen LogP contribution in [0.25, 0.3) is 10.6 Å². The zero-order chi connectivity index (χ0) is 13.8. The van der Waals surface area contributed by atoms with Crippen molar-refractivity contribution in [3.05, 3.63) is 34.0 Å². The van der Waals surface area contributed by atoms with Gasteiger partial charge >= 0.3 is 0 Å². The Morgan fingerprint density at radius 2 is 2.21 bits per heavy atom. The maximum Gasteiger partial charge on any atom is 0.152 e. The van der Waals surface area contributed by atoms with Crippen LogP contribution in [0.15, 0.2) is 18.2 Å². The Morgan fingerprint density at radius 1 is 1.42 bits per heavy atom. The molecule has 1 aromatic carbocycles. The van der Waals surface area contributed by atoms with Crippen LogP contribution in [-0.4, -0.2) is 16.7 Å². The van der Waals surface area contributed by atoms with E-state index in [1.807, 2.05) is 6.92 Å². The molecule has 0 radical (unpaired) electrons. The molecule has 6 heteroatoms. The van der Waals surface area contributed by atoms with E-state index in [9.17, 15) is 4.39 Å². The van der Waals surface area contributed by atoms with E-state index in [1.165, 1.54) is 17.4 Å².